The Morgan fingerprint density at radius 2 is 0.786 bits per heavy atom. The Balaban J connectivity index is -0.000000138. The van der Waals surface area contributed by atoms with Gasteiger partial charge in [-0.25, -0.2) is 0 Å². The minimum atomic E-state index is 0.194. The molecule has 0 aliphatic heterocycles. The number of hydrogen-bond acceptors (Lipinski definition) is 0. The van der Waals surface area contributed by atoms with Crippen LogP contribution >= 0.6 is 23.2 Å². The van der Waals surface area contributed by atoms with Gasteiger partial charge in [0, 0.05) is 0 Å². The van der Waals surface area contributed by atoms with Crippen LogP contribution in [0, 0.1) is 0 Å². The highest BCUT2D eigenvalue weighted by molar-refractivity contribution is 6.40. The van der Waals surface area contributed by atoms with Crippen LogP contribution in [-0.4, -0.2) is 5.34 Å². The minimum Gasteiger partial charge on any atom is -0.109 e. The highest BCUT2D eigenvalue weighted by atomic mass is 35.5. The van der Waals surface area contributed by atoms with Crippen LogP contribution in [0.15, 0.2) is 0 Å². The molecule has 0 spiro atoms. The molecule has 0 rings (SSSR count). The molecular weight excluding hydrogens is 215 g/mol. The summed E-state index contributed by atoms with van der Waals surface area (Å²) in [6.45, 7) is 8.89. The Morgan fingerprint density at radius 3 is 0.857 bits per heavy atom. The van der Waals surface area contributed by atoms with E-state index in [1.807, 2.05) is 0 Å². The Bertz CT molecular complexity index is 50.3. The Hall–Kier alpha value is 0.580. The average molecular weight is 243 g/mol. The molecule has 0 heterocycles. The molecule has 0 aromatic carbocycles. The van der Waals surface area contributed by atoms with E-state index in [-0.39, 0.29) is 5.34 Å². The molecule has 0 atom stereocenters. The van der Waals surface area contributed by atoms with Gasteiger partial charge >= 0.3 is 0 Å². The van der Waals surface area contributed by atoms with Crippen LogP contribution in [0.5, 0.6) is 0 Å². The third-order valence-electron chi connectivity index (χ3n) is 1.66. The monoisotopic (exact) mass is 242 g/mol. The van der Waals surface area contributed by atoms with Crippen molar-refractivity contribution in [2.45, 2.75) is 72.6 Å². The Kier molecular flexibility index (Phi) is 41.8. The number of halogens is 2. The van der Waals surface area contributed by atoms with Crippen LogP contribution in [-0.2, 0) is 0 Å². The molecule has 0 aliphatic rings. The maximum absolute atomic E-state index is 4.76. The molecule has 0 saturated heterocycles. The molecule has 0 saturated carbocycles. The first-order valence-corrected chi connectivity index (χ1v) is 6.93. The second-order valence-electron chi connectivity index (χ2n) is 3.16. The third-order valence-corrected chi connectivity index (χ3v) is 1.66. The fourth-order valence-corrected chi connectivity index (χ4v) is 0.854. The fourth-order valence-electron chi connectivity index (χ4n) is 0.854. The quantitative estimate of drug-likeness (QED) is 0.398. The van der Waals surface area contributed by atoms with Crippen LogP contribution in [0.2, 0.25) is 0 Å². The smallest absolute Gasteiger partial charge is 0.0967 e. The first-order chi connectivity index (χ1) is 6.74. The van der Waals surface area contributed by atoms with Gasteiger partial charge < -0.3 is 0 Å². The van der Waals surface area contributed by atoms with Gasteiger partial charge in [0.2, 0.25) is 0 Å². The van der Waals surface area contributed by atoms with Gasteiger partial charge in [-0.05, 0) is 0 Å². The number of alkyl halides is 2. The molecule has 0 nitrogen and oxygen atoms in total. The minimum absolute atomic E-state index is 0.194. The zero-order chi connectivity index (χ0) is 11.7. The van der Waals surface area contributed by atoms with Gasteiger partial charge in [-0.15, -0.1) is 23.2 Å². The second-order valence-corrected chi connectivity index (χ2v) is 3.97. The van der Waals surface area contributed by atoms with E-state index in [0.717, 1.165) is 0 Å². The fraction of sp³-hybridized carbons (Fsp3) is 1.00. The van der Waals surface area contributed by atoms with Gasteiger partial charge in [0.05, 0.1) is 5.34 Å². The topological polar surface area (TPSA) is 0 Å². The SMILES string of the molecule is CCCCC.CCCCCC.ClCCl. The summed E-state index contributed by atoms with van der Waals surface area (Å²) in [5, 5.41) is 0.194. The molecule has 0 aromatic heterocycles. The summed E-state index contributed by atoms with van der Waals surface area (Å²) < 4.78 is 0. The van der Waals surface area contributed by atoms with E-state index in [9.17, 15) is 0 Å². The van der Waals surface area contributed by atoms with Gasteiger partial charge in [0.1, 0.15) is 0 Å². The number of unbranched alkanes of at least 4 members (excludes halogenated alkanes) is 5. The van der Waals surface area contributed by atoms with E-state index < -0.39 is 0 Å². The van der Waals surface area contributed by atoms with Crippen LogP contribution in [0.4, 0.5) is 0 Å². The standard InChI is InChI=1S/C6H14.C5H12.CH2Cl2/c1-3-5-6-4-2;1-3-5-4-2;2-1-3/h3-6H2,1-2H3;3-5H2,1-2H3;1H2. The van der Waals surface area contributed by atoms with Crippen molar-refractivity contribution in [2.75, 3.05) is 5.34 Å². The molecule has 0 aromatic rings. The lowest BCUT2D eigenvalue weighted by atomic mass is 10.2. The summed E-state index contributed by atoms with van der Waals surface area (Å²) in [7, 11) is 0. The van der Waals surface area contributed by atoms with Crippen molar-refractivity contribution in [1.29, 1.82) is 0 Å². The molecule has 0 unspecified atom stereocenters. The van der Waals surface area contributed by atoms with Crippen LogP contribution in [0.3, 0.4) is 0 Å². The largest absolute Gasteiger partial charge is 0.109 e. The van der Waals surface area contributed by atoms with E-state index in [4.69, 9.17) is 23.2 Å². The molecule has 0 aliphatic carbocycles. The molecule has 14 heavy (non-hydrogen) atoms. The summed E-state index contributed by atoms with van der Waals surface area (Å²) in [6, 6.07) is 0. The summed E-state index contributed by atoms with van der Waals surface area (Å²) in [4.78, 5) is 0. The Labute approximate surface area is 101 Å². The van der Waals surface area contributed by atoms with Gasteiger partial charge in [-0.1, -0.05) is 72.6 Å². The molecule has 0 fully saturated rings. The summed E-state index contributed by atoms with van der Waals surface area (Å²) in [5.74, 6) is 0. The zero-order valence-corrected chi connectivity index (χ0v) is 11.9. The molecular formula is C12H28Cl2. The van der Waals surface area contributed by atoms with Gasteiger partial charge in [0.25, 0.3) is 0 Å². The van der Waals surface area contributed by atoms with E-state index in [1.165, 1.54) is 44.9 Å². The first-order valence-electron chi connectivity index (χ1n) is 5.86. The predicted octanol–water partition coefficient (Wildman–Crippen LogP) is 6.20. The molecule has 2 heteroatoms. The van der Waals surface area contributed by atoms with Crippen LogP contribution in [0.1, 0.15) is 72.6 Å². The summed E-state index contributed by atoms with van der Waals surface area (Å²) in [6.07, 6.45) is 9.61. The maximum atomic E-state index is 4.76. The van der Waals surface area contributed by atoms with Gasteiger partial charge in [-0.2, -0.15) is 0 Å². The van der Waals surface area contributed by atoms with Crippen molar-refractivity contribution in [3.05, 3.63) is 0 Å². The van der Waals surface area contributed by atoms with Crippen molar-refractivity contribution in [2.24, 2.45) is 0 Å². The third kappa shape index (κ3) is 54.2. The lowest BCUT2D eigenvalue weighted by Gasteiger charge is -1.86. The molecule has 0 N–H and O–H groups in total. The van der Waals surface area contributed by atoms with Gasteiger partial charge in [0.15, 0.2) is 0 Å². The number of hydrogen-bond donors (Lipinski definition) is 0. The summed E-state index contributed by atoms with van der Waals surface area (Å²) in [5.41, 5.74) is 0. The number of rotatable bonds is 5. The van der Waals surface area contributed by atoms with E-state index >= 15 is 0 Å². The van der Waals surface area contributed by atoms with Crippen LogP contribution < -0.4 is 0 Å². The predicted molar refractivity (Wildman–Crippen MR) is 71.6 cm³/mol. The van der Waals surface area contributed by atoms with Crippen molar-refractivity contribution >= 4 is 23.2 Å². The van der Waals surface area contributed by atoms with Crippen molar-refractivity contribution in [3.63, 3.8) is 0 Å². The van der Waals surface area contributed by atoms with Crippen molar-refractivity contribution < 1.29 is 0 Å². The van der Waals surface area contributed by atoms with Crippen molar-refractivity contribution in [1.82, 2.24) is 0 Å². The normalized spacial score (nSPS) is 8.14. The van der Waals surface area contributed by atoms with E-state index in [2.05, 4.69) is 27.7 Å². The molecule has 0 bridgehead atoms. The highest BCUT2D eigenvalue weighted by Crippen LogP contribution is 1.95. The van der Waals surface area contributed by atoms with Crippen molar-refractivity contribution in [3.8, 4) is 0 Å². The molecule has 90 valence electrons. The second kappa shape index (κ2) is 29.2. The lowest BCUT2D eigenvalue weighted by molar-refractivity contribution is 0.702. The zero-order valence-electron chi connectivity index (χ0n) is 10.4. The highest BCUT2D eigenvalue weighted by Gasteiger charge is 1.75. The average Bonchev–Trinajstić information content (AvgIpc) is 2.18. The molecule has 0 amide bonds. The van der Waals surface area contributed by atoms with E-state index in [1.54, 1.807) is 0 Å². The van der Waals surface area contributed by atoms with Crippen LogP contribution in [0.25, 0.3) is 0 Å². The first kappa shape index (κ1) is 20.1. The van der Waals surface area contributed by atoms with Gasteiger partial charge in [-0.3, -0.25) is 0 Å². The van der Waals surface area contributed by atoms with E-state index in [0.29, 0.717) is 0 Å². The summed E-state index contributed by atoms with van der Waals surface area (Å²) >= 11 is 9.53. The molecule has 0 radical (unpaired) electrons. The maximum Gasteiger partial charge on any atom is 0.0967 e. The lowest BCUT2D eigenvalue weighted by Crippen LogP contribution is -1.66. The Morgan fingerprint density at radius 1 is 0.571 bits per heavy atom.